The van der Waals surface area contributed by atoms with Gasteiger partial charge in [0.05, 0.1) is 5.92 Å². The van der Waals surface area contributed by atoms with E-state index in [0.717, 1.165) is 5.57 Å². The van der Waals surface area contributed by atoms with Crippen LogP contribution in [-0.4, -0.2) is 6.04 Å². The van der Waals surface area contributed by atoms with Gasteiger partial charge in [0.2, 0.25) is 0 Å². The summed E-state index contributed by atoms with van der Waals surface area (Å²) in [4.78, 5) is 0. The lowest BCUT2D eigenvalue weighted by Crippen LogP contribution is -2.22. The van der Waals surface area contributed by atoms with E-state index in [0.29, 0.717) is 0 Å². The Hall–Kier alpha value is -1.51. The summed E-state index contributed by atoms with van der Waals surface area (Å²) < 4.78 is 13.3. The third kappa shape index (κ3) is 1.26. The first-order chi connectivity index (χ1) is 6.33. The molecule has 2 rings (SSSR count). The van der Waals surface area contributed by atoms with Crippen molar-refractivity contribution in [1.82, 2.24) is 0 Å². The first-order valence-electron chi connectivity index (χ1n) is 4.09. The molecule has 0 saturated heterocycles. The Balaban J connectivity index is 2.40. The van der Waals surface area contributed by atoms with Crippen LogP contribution in [0.15, 0.2) is 58.7 Å². The Bertz CT molecular complexity index is 350. The molecule has 2 aliphatic rings. The van der Waals surface area contributed by atoms with Gasteiger partial charge in [0.1, 0.15) is 11.9 Å². The van der Waals surface area contributed by atoms with E-state index in [2.05, 4.69) is 16.8 Å². The SMILES string of the molecule is C=CC1=CC=C(F)C2C=CN=NC12. The largest absolute Gasteiger partial charge is 0.211 e. The van der Waals surface area contributed by atoms with E-state index in [1.807, 2.05) is 0 Å². The van der Waals surface area contributed by atoms with Gasteiger partial charge in [0.25, 0.3) is 0 Å². The number of hydrogen-bond donors (Lipinski definition) is 0. The van der Waals surface area contributed by atoms with E-state index in [1.165, 1.54) is 12.3 Å². The molecule has 0 aromatic heterocycles. The van der Waals surface area contributed by atoms with Crippen molar-refractivity contribution in [2.45, 2.75) is 6.04 Å². The molecule has 3 heteroatoms. The molecule has 0 aromatic carbocycles. The molecule has 0 aromatic rings. The van der Waals surface area contributed by atoms with E-state index in [4.69, 9.17) is 0 Å². The Morgan fingerprint density at radius 3 is 3.08 bits per heavy atom. The van der Waals surface area contributed by atoms with Gasteiger partial charge in [0, 0.05) is 6.20 Å². The first-order valence-corrected chi connectivity index (χ1v) is 4.09. The summed E-state index contributed by atoms with van der Waals surface area (Å²) in [6, 6.07) is -0.215. The molecule has 0 spiro atoms. The number of fused-ring (bicyclic) bond motifs is 1. The monoisotopic (exact) mass is 176 g/mol. The first kappa shape index (κ1) is 8.10. The number of halogens is 1. The van der Waals surface area contributed by atoms with Crippen LogP contribution in [0.4, 0.5) is 4.39 Å². The maximum absolute atomic E-state index is 13.3. The van der Waals surface area contributed by atoms with Crippen molar-refractivity contribution in [3.8, 4) is 0 Å². The van der Waals surface area contributed by atoms with Gasteiger partial charge in [-0.15, -0.1) is 0 Å². The minimum Gasteiger partial charge on any atom is -0.211 e. The predicted octanol–water partition coefficient (Wildman–Crippen LogP) is 2.93. The molecule has 2 unspecified atom stereocenters. The minimum atomic E-state index is -0.282. The molecule has 13 heavy (non-hydrogen) atoms. The van der Waals surface area contributed by atoms with Crippen LogP contribution in [0.1, 0.15) is 0 Å². The topological polar surface area (TPSA) is 24.7 Å². The molecule has 0 bridgehead atoms. The van der Waals surface area contributed by atoms with Gasteiger partial charge in [-0.2, -0.15) is 10.2 Å². The molecule has 0 fully saturated rings. The van der Waals surface area contributed by atoms with Crippen LogP contribution in [-0.2, 0) is 0 Å². The molecule has 0 radical (unpaired) electrons. The van der Waals surface area contributed by atoms with Gasteiger partial charge in [-0.1, -0.05) is 24.8 Å². The highest BCUT2D eigenvalue weighted by Gasteiger charge is 2.29. The number of azo groups is 1. The van der Waals surface area contributed by atoms with Gasteiger partial charge in [-0.3, -0.25) is 0 Å². The summed E-state index contributed by atoms with van der Waals surface area (Å²) in [5.41, 5.74) is 0.916. The van der Waals surface area contributed by atoms with Crippen LogP contribution in [0.3, 0.4) is 0 Å². The highest BCUT2D eigenvalue weighted by molar-refractivity contribution is 5.38. The van der Waals surface area contributed by atoms with Crippen LogP contribution < -0.4 is 0 Å². The van der Waals surface area contributed by atoms with Gasteiger partial charge >= 0.3 is 0 Å². The van der Waals surface area contributed by atoms with E-state index < -0.39 is 0 Å². The summed E-state index contributed by atoms with van der Waals surface area (Å²) >= 11 is 0. The van der Waals surface area contributed by atoms with Gasteiger partial charge in [-0.05, 0) is 11.6 Å². The van der Waals surface area contributed by atoms with Gasteiger partial charge < -0.3 is 0 Å². The second-order valence-corrected chi connectivity index (χ2v) is 2.97. The zero-order valence-corrected chi connectivity index (χ0v) is 7.02. The predicted molar refractivity (Wildman–Crippen MR) is 48.7 cm³/mol. The highest BCUT2D eigenvalue weighted by atomic mass is 19.1. The van der Waals surface area contributed by atoms with E-state index in [9.17, 15) is 4.39 Å². The average Bonchev–Trinajstić information content (AvgIpc) is 2.19. The molecule has 0 saturated carbocycles. The average molecular weight is 176 g/mol. The van der Waals surface area contributed by atoms with Crippen LogP contribution in [0.25, 0.3) is 0 Å². The number of rotatable bonds is 1. The van der Waals surface area contributed by atoms with Crippen LogP contribution in [0.5, 0.6) is 0 Å². The highest BCUT2D eigenvalue weighted by Crippen LogP contribution is 2.32. The molecule has 2 nitrogen and oxygen atoms in total. The van der Waals surface area contributed by atoms with Crippen molar-refractivity contribution in [3.63, 3.8) is 0 Å². The maximum Gasteiger partial charge on any atom is 0.109 e. The smallest absolute Gasteiger partial charge is 0.109 e. The van der Waals surface area contributed by atoms with Crippen LogP contribution >= 0.6 is 0 Å². The van der Waals surface area contributed by atoms with E-state index in [-0.39, 0.29) is 17.8 Å². The molecule has 1 aliphatic heterocycles. The molecule has 0 N–H and O–H groups in total. The van der Waals surface area contributed by atoms with Crippen molar-refractivity contribution in [2.75, 3.05) is 0 Å². The molecular formula is C10H9FN2. The zero-order chi connectivity index (χ0) is 9.26. The summed E-state index contributed by atoms with van der Waals surface area (Å²) in [5, 5.41) is 7.73. The molecule has 66 valence electrons. The van der Waals surface area contributed by atoms with Crippen molar-refractivity contribution < 1.29 is 4.39 Å². The van der Waals surface area contributed by atoms with Gasteiger partial charge in [-0.25, -0.2) is 4.39 Å². The minimum absolute atomic E-state index is 0.162. The maximum atomic E-state index is 13.3. The Kier molecular flexibility index (Phi) is 1.93. The summed E-state index contributed by atoms with van der Waals surface area (Å²) in [7, 11) is 0. The second kappa shape index (κ2) is 3.09. The molecule has 0 amide bonds. The lowest BCUT2D eigenvalue weighted by atomic mass is 9.87. The Morgan fingerprint density at radius 2 is 2.31 bits per heavy atom. The van der Waals surface area contributed by atoms with Crippen LogP contribution in [0.2, 0.25) is 0 Å². The van der Waals surface area contributed by atoms with E-state index >= 15 is 0 Å². The number of hydrogen-bond acceptors (Lipinski definition) is 2. The molecule has 1 aliphatic carbocycles. The molecule has 1 heterocycles. The van der Waals surface area contributed by atoms with Crippen molar-refractivity contribution in [1.29, 1.82) is 0 Å². The molecular weight excluding hydrogens is 167 g/mol. The third-order valence-corrected chi connectivity index (χ3v) is 2.22. The zero-order valence-electron chi connectivity index (χ0n) is 7.02. The fourth-order valence-corrected chi connectivity index (χ4v) is 1.51. The van der Waals surface area contributed by atoms with E-state index in [1.54, 1.807) is 18.2 Å². The van der Waals surface area contributed by atoms with Crippen LogP contribution in [0, 0.1) is 5.92 Å². The third-order valence-electron chi connectivity index (χ3n) is 2.22. The lowest BCUT2D eigenvalue weighted by Gasteiger charge is -2.24. The van der Waals surface area contributed by atoms with Crippen molar-refractivity contribution >= 4 is 0 Å². The summed E-state index contributed by atoms with van der Waals surface area (Å²) in [6.07, 6.45) is 8.10. The van der Waals surface area contributed by atoms with Crippen molar-refractivity contribution in [2.24, 2.45) is 16.1 Å². The Labute approximate surface area is 75.9 Å². The lowest BCUT2D eigenvalue weighted by molar-refractivity contribution is 0.465. The number of allylic oxidation sites excluding steroid dienone is 2. The second-order valence-electron chi connectivity index (χ2n) is 2.97. The molecule has 2 atom stereocenters. The summed E-state index contributed by atoms with van der Waals surface area (Å²) in [5.74, 6) is -0.444. The van der Waals surface area contributed by atoms with Crippen molar-refractivity contribution in [3.05, 3.63) is 48.5 Å². The fraction of sp³-hybridized carbons (Fsp3) is 0.200. The quantitative estimate of drug-likeness (QED) is 0.586. The normalized spacial score (nSPS) is 30.5. The standard InChI is InChI=1S/C10H9FN2/c1-2-7-3-4-9(11)8-5-6-12-13-10(7)8/h2-6,8,10H,1H2. The summed E-state index contributed by atoms with van der Waals surface area (Å²) in [6.45, 7) is 3.65. The number of nitrogens with zero attached hydrogens (tertiary/aromatic N) is 2. The Morgan fingerprint density at radius 1 is 1.46 bits per heavy atom. The fourth-order valence-electron chi connectivity index (χ4n) is 1.51. The van der Waals surface area contributed by atoms with Gasteiger partial charge in [0.15, 0.2) is 0 Å².